The van der Waals surface area contributed by atoms with Crippen LogP contribution in [0.3, 0.4) is 0 Å². The molecule has 0 fully saturated rings. The van der Waals surface area contributed by atoms with Crippen LogP contribution in [0.2, 0.25) is 4.34 Å². The summed E-state index contributed by atoms with van der Waals surface area (Å²) in [4.78, 5) is 0. The maximum atomic E-state index is 12.3. The molecule has 1 N–H and O–H groups in total. The summed E-state index contributed by atoms with van der Waals surface area (Å²) in [7, 11) is -2.01. The van der Waals surface area contributed by atoms with Gasteiger partial charge in [-0.2, -0.15) is 0 Å². The molecular weight excluding hydrogens is 342 g/mol. The van der Waals surface area contributed by atoms with Crippen molar-refractivity contribution >= 4 is 33.0 Å². The highest BCUT2D eigenvalue weighted by Crippen LogP contribution is 2.30. The summed E-state index contributed by atoms with van der Waals surface area (Å²) < 4.78 is 33.6. The summed E-state index contributed by atoms with van der Waals surface area (Å²) in [5.41, 5.74) is 0.238. The quantitative estimate of drug-likeness (QED) is 0.821. The van der Waals surface area contributed by atoms with Gasteiger partial charge in [0.25, 0.3) is 0 Å². The van der Waals surface area contributed by atoms with Crippen LogP contribution in [0.25, 0.3) is 0 Å². The monoisotopic (exact) mass is 359 g/mol. The number of rotatable bonds is 7. The second kappa shape index (κ2) is 7.10. The third kappa shape index (κ3) is 3.70. The Morgan fingerprint density at radius 3 is 2.41 bits per heavy atom. The first kappa shape index (κ1) is 17.4. The lowest BCUT2D eigenvalue weighted by Gasteiger charge is -2.32. The van der Waals surface area contributed by atoms with Gasteiger partial charge in [-0.3, -0.25) is 0 Å². The number of thiophene rings is 1. The molecule has 22 heavy (non-hydrogen) atoms. The molecule has 0 saturated carbocycles. The van der Waals surface area contributed by atoms with Crippen LogP contribution < -0.4 is 4.72 Å². The van der Waals surface area contributed by atoms with Gasteiger partial charge in [-0.05, 0) is 24.1 Å². The van der Waals surface area contributed by atoms with Gasteiger partial charge in [0.1, 0.15) is 9.81 Å². The van der Waals surface area contributed by atoms with E-state index in [1.807, 2.05) is 37.3 Å². The Balaban J connectivity index is 2.23. The van der Waals surface area contributed by atoms with Crippen molar-refractivity contribution in [2.75, 3.05) is 13.7 Å². The summed E-state index contributed by atoms with van der Waals surface area (Å²) in [5.74, 6) is 0. The fraction of sp³-hybridized carbons (Fsp3) is 0.333. The fourth-order valence-electron chi connectivity index (χ4n) is 2.23. The molecule has 0 bridgehead atoms. The Morgan fingerprint density at radius 1 is 1.23 bits per heavy atom. The molecule has 0 spiro atoms. The Bertz CT molecular complexity index is 709. The summed E-state index contributed by atoms with van der Waals surface area (Å²) in [6.45, 7) is 2.12. The van der Waals surface area contributed by atoms with Gasteiger partial charge in [0, 0.05) is 13.7 Å². The van der Waals surface area contributed by atoms with E-state index in [1.165, 1.54) is 6.07 Å². The highest BCUT2D eigenvalue weighted by Gasteiger charge is 2.32. The van der Waals surface area contributed by atoms with Crippen molar-refractivity contribution in [1.29, 1.82) is 0 Å². The third-order valence-corrected chi connectivity index (χ3v) is 6.75. The number of sulfonamides is 1. The molecule has 4 nitrogen and oxygen atoms in total. The number of benzene rings is 1. The van der Waals surface area contributed by atoms with Gasteiger partial charge in [-0.25, -0.2) is 13.1 Å². The van der Waals surface area contributed by atoms with Gasteiger partial charge in [0.2, 0.25) is 10.0 Å². The number of methoxy groups -OCH3 is 1. The number of hydrogen-bond acceptors (Lipinski definition) is 4. The average molecular weight is 360 g/mol. The maximum Gasteiger partial charge on any atom is 0.250 e. The van der Waals surface area contributed by atoms with Crippen molar-refractivity contribution in [2.45, 2.75) is 23.2 Å². The zero-order valence-electron chi connectivity index (χ0n) is 12.4. The van der Waals surface area contributed by atoms with Gasteiger partial charge in [0.05, 0.1) is 4.34 Å². The van der Waals surface area contributed by atoms with Crippen molar-refractivity contribution in [3.8, 4) is 0 Å². The lowest BCUT2D eigenvalue weighted by molar-refractivity contribution is -0.0133. The zero-order valence-corrected chi connectivity index (χ0v) is 14.8. The predicted octanol–water partition coefficient (Wildman–Crippen LogP) is 3.63. The van der Waals surface area contributed by atoms with Gasteiger partial charge in [-0.1, -0.05) is 48.9 Å². The Morgan fingerprint density at radius 2 is 1.91 bits per heavy atom. The third-order valence-electron chi connectivity index (χ3n) is 3.62. The Labute approximate surface area is 140 Å². The van der Waals surface area contributed by atoms with Crippen molar-refractivity contribution in [3.63, 3.8) is 0 Å². The standard InChI is InChI=1S/C15H18ClNO3S2/c1-3-15(20-2,12-7-5-4-6-8-12)11-17-22(18,19)14-10-9-13(16)21-14/h4-10,17H,3,11H2,1-2H3/t15-/m0/s1. The molecule has 2 aromatic rings. The molecule has 1 heterocycles. The smallest absolute Gasteiger partial charge is 0.250 e. The molecule has 0 aliphatic heterocycles. The Hall–Kier alpha value is -0.920. The van der Waals surface area contributed by atoms with E-state index in [0.29, 0.717) is 10.8 Å². The van der Waals surface area contributed by atoms with Crippen molar-refractivity contribution in [1.82, 2.24) is 4.72 Å². The first-order valence-electron chi connectivity index (χ1n) is 6.79. The molecule has 0 radical (unpaired) electrons. The minimum Gasteiger partial charge on any atom is -0.372 e. The van der Waals surface area contributed by atoms with Crippen LogP contribution in [-0.2, 0) is 20.4 Å². The van der Waals surface area contributed by atoms with E-state index in [-0.39, 0.29) is 10.8 Å². The summed E-state index contributed by atoms with van der Waals surface area (Å²) >= 11 is 6.84. The molecule has 120 valence electrons. The molecular formula is C15H18ClNO3S2. The van der Waals surface area contributed by atoms with Crippen LogP contribution in [0.4, 0.5) is 0 Å². The van der Waals surface area contributed by atoms with Crippen molar-refractivity contribution in [2.24, 2.45) is 0 Å². The van der Waals surface area contributed by atoms with E-state index < -0.39 is 15.6 Å². The highest BCUT2D eigenvalue weighted by molar-refractivity contribution is 7.91. The molecule has 0 aliphatic rings. The van der Waals surface area contributed by atoms with Crippen LogP contribution in [0, 0.1) is 0 Å². The van der Waals surface area contributed by atoms with E-state index >= 15 is 0 Å². The minimum atomic E-state index is -3.60. The molecule has 0 amide bonds. The van der Waals surface area contributed by atoms with Crippen LogP contribution in [0.1, 0.15) is 18.9 Å². The maximum absolute atomic E-state index is 12.3. The van der Waals surface area contributed by atoms with Crippen molar-refractivity contribution < 1.29 is 13.2 Å². The fourth-order valence-corrected chi connectivity index (χ4v) is 4.84. The second-order valence-electron chi connectivity index (χ2n) is 4.80. The summed E-state index contributed by atoms with van der Waals surface area (Å²) in [6, 6.07) is 12.7. The molecule has 0 saturated heterocycles. The van der Waals surface area contributed by atoms with Crippen LogP contribution >= 0.6 is 22.9 Å². The average Bonchev–Trinajstić information content (AvgIpc) is 2.97. The molecule has 1 atom stereocenters. The molecule has 0 aliphatic carbocycles. The Kier molecular flexibility index (Phi) is 5.63. The van der Waals surface area contributed by atoms with E-state index in [0.717, 1.165) is 16.9 Å². The molecule has 2 rings (SSSR count). The number of nitrogens with one attached hydrogen (secondary N) is 1. The topological polar surface area (TPSA) is 55.4 Å². The van der Waals surface area contributed by atoms with E-state index in [9.17, 15) is 8.42 Å². The largest absolute Gasteiger partial charge is 0.372 e. The predicted molar refractivity (Wildman–Crippen MR) is 89.9 cm³/mol. The van der Waals surface area contributed by atoms with Crippen molar-refractivity contribution in [3.05, 3.63) is 52.4 Å². The second-order valence-corrected chi connectivity index (χ2v) is 8.51. The van der Waals surface area contributed by atoms with Gasteiger partial charge >= 0.3 is 0 Å². The molecule has 1 aromatic heterocycles. The molecule has 0 unspecified atom stereocenters. The molecule has 1 aromatic carbocycles. The van der Waals surface area contributed by atoms with Crippen LogP contribution in [-0.4, -0.2) is 22.1 Å². The summed E-state index contributed by atoms with van der Waals surface area (Å²) in [5, 5.41) is 0. The lowest BCUT2D eigenvalue weighted by Crippen LogP contribution is -2.41. The van der Waals surface area contributed by atoms with E-state index in [1.54, 1.807) is 13.2 Å². The number of ether oxygens (including phenoxy) is 1. The first-order valence-corrected chi connectivity index (χ1v) is 9.47. The summed E-state index contributed by atoms with van der Waals surface area (Å²) in [6.07, 6.45) is 0.640. The SMILES string of the molecule is CC[C@@](CNS(=O)(=O)c1ccc(Cl)s1)(OC)c1ccccc1. The minimum absolute atomic E-state index is 0.155. The number of hydrogen-bond donors (Lipinski definition) is 1. The van der Waals surface area contributed by atoms with Gasteiger partial charge < -0.3 is 4.74 Å². The lowest BCUT2D eigenvalue weighted by atomic mass is 9.91. The first-order chi connectivity index (χ1) is 10.4. The number of halogens is 1. The zero-order chi connectivity index (χ0) is 16.2. The normalized spacial score (nSPS) is 14.7. The van der Waals surface area contributed by atoms with Gasteiger partial charge in [-0.15, -0.1) is 11.3 Å². The molecule has 7 heteroatoms. The van der Waals surface area contributed by atoms with E-state index in [4.69, 9.17) is 16.3 Å². The van der Waals surface area contributed by atoms with E-state index in [2.05, 4.69) is 4.72 Å². The highest BCUT2D eigenvalue weighted by atomic mass is 35.5. The van der Waals surface area contributed by atoms with Crippen LogP contribution in [0.15, 0.2) is 46.7 Å². The van der Waals surface area contributed by atoms with Crippen LogP contribution in [0.5, 0.6) is 0 Å². The van der Waals surface area contributed by atoms with Gasteiger partial charge in [0.15, 0.2) is 0 Å².